The summed E-state index contributed by atoms with van der Waals surface area (Å²) in [6, 6.07) is 6.31. The van der Waals surface area contributed by atoms with Gasteiger partial charge in [-0.2, -0.15) is 0 Å². The molecule has 2 aromatic carbocycles. The first-order valence-electron chi connectivity index (χ1n) is 14.9. The molecule has 2 heterocycles. The summed E-state index contributed by atoms with van der Waals surface area (Å²) in [5.41, 5.74) is 7.37. The Morgan fingerprint density at radius 1 is 0.659 bits per heavy atom. The second kappa shape index (κ2) is 14.2. The van der Waals surface area contributed by atoms with Gasteiger partial charge in [-0.3, -0.25) is 0 Å². The second-order valence-electron chi connectivity index (χ2n) is 11.6. The molecule has 0 saturated carbocycles. The summed E-state index contributed by atoms with van der Waals surface area (Å²) in [5.74, 6) is 1.45. The van der Waals surface area contributed by atoms with Crippen LogP contribution < -0.4 is 10.6 Å². The monoisotopic (exact) mass is 642 g/mol. The molecule has 0 spiro atoms. The number of allylic oxidation sites excluding steroid dienone is 4. The van der Waals surface area contributed by atoms with Crippen LogP contribution in [-0.2, 0) is 22.3 Å². The van der Waals surface area contributed by atoms with Crippen molar-refractivity contribution in [3.63, 3.8) is 0 Å². The van der Waals surface area contributed by atoms with Crippen LogP contribution in [-0.4, -0.2) is 59.8 Å². The number of ether oxygens (including phenoxy) is 2. The number of phenolic OH excluding ortho intramolecular Hbond substituents is 4. The minimum Gasteiger partial charge on any atom is -0.504 e. The molecular formula is C34H40Cl2N2O6. The smallest absolute Gasteiger partial charge is 0.158 e. The van der Waals surface area contributed by atoms with Gasteiger partial charge in [-0.25, -0.2) is 0 Å². The maximum absolute atomic E-state index is 9.69. The van der Waals surface area contributed by atoms with Gasteiger partial charge in [0, 0.05) is 47.1 Å². The molecule has 10 heteroatoms. The van der Waals surface area contributed by atoms with Crippen LogP contribution in [0.3, 0.4) is 0 Å². The molecule has 0 radical (unpaired) electrons. The Kier molecular flexibility index (Phi) is 10.4. The van der Waals surface area contributed by atoms with Gasteiger partial charge in [0.25, 0.3) is 0 Å². The Balaban J connectivity index is 0.000000175. The number of benzene rings is 2. The van der Waals surface area contributed by atoms with E-state index in [-0.39, 0.29) is 35.1 Å². The fourth-order valence-corrected chi connectivity index (χ4v) is 6.96. The molecule has 0 aromatic heterocycles. The molecular weight excluding hydrogens is 603 g/mol. The average Bonchev–Trinajstić information content (AvgIpc) is 3.02. The van der Waals surface area contributed by atoms with Gasteiger partial charge in [-0.15, -0.1) is 0 Å². The van der Waals surface area contributed by atoms with E-state index in [1.54, 1.807) is 26.4 Å². The minimum atomic E-state index is -0.185. The van der Waals surface area contributed by atoms with Gasteiger partial charge in [0.1, 0.15) is 0 Å². The lowest BCUT2D eigenvalue weighted by Gasteiger charge is -2.32. The van der Waals surface area contributed by atoms with Crippen molar-refractivity contribution < 1.29 is 29.9 Å². The van der Waals surface area contributed by atoms with Gasteiger partial charge in [0.15, 0.2) is 23.0 Å². The van der Waals surface area contributed by atoms with Crippen LogP contribution in [0.5, 0.6) is 23.0 Å². The van der Waals surface area contributed by atoms with Gasteiger partial charge in [-0.1, -0.05) is 34.3 Å². The molecule has 2 atom stereocenters. The Hall–Kier alpha value is -3.30. The van der Waals surface area contributed by atoms with Crippen molar-refractivity contribution in [1.29, 1.82) is 0 Å². The third-order valence-electron chi connectivity index (χ3n) is 8.92. The maximum atomic E-state index is 9.69. The van der Waals surface area contributed by atoms with E-state index < -0.39 is 0 Å². The fourth-order valence-electron chi connectivity index (χ4n) is 6.49. The van der Waals surface area contributed by atoms with Crippen molar-refractivity contribution in [1.82, 2.24) is 10.6 Å². The SMILES string of the molecule is COC1=CCC2=C(CCNC2Cc2cc(O)c(O)cc2Cl)C1.COC1=CCC2=C(CCN[C@@H]2Cc2cc(O)c(O)cc2Cl)C1. The van der Waals surface area contributed by atoms with Crippen molar-refractivity contribution in [2.75, 3.05) is 27.3 Å². The number of methoxy groups -OCH3 is 2. The summed E-state index contributed by atoms with van der Waals surface area (Å²) in [4.78, 5) is 0. The third kappa shape index (κ3) is 7.32. The van der Waals surface area contributed by atoms with Crippen molar-refractivity contribution >= 4 is 23.2 Å². The van der Waals surface area contributed by atoms with E-state index in [4.69, 9.17) is 32.7 Å². The Morgan fingerprint density at radius 2 is 1.05 bits per heavy atom. The van der Waals surface area contributed by atoms with E-state index in [0.717, 1.165) is 74.3 Å². The first-order valence-corrected chi connectivity index (χ1v) is 15.7. The highest BCUT2D eigenvalue weighted by Crippen LogP contribution is 2.38. The molecule has 6 N–H and O–H groups in total. The van der Waals surface area contributed by atoms with E-state index in [1.807, 2.05) is 0 Å². The minimum absolute atomic E-state index is 0.130. The van der Waals surface area contributed by atoms with Crippen LogP contribution >= 0.6 is 23.2 Å². The molecule has 6 rings (SSSR count). The molecule has 0 amide bonds. The van der Waals surface area contributed by atoms with E-state index in [0.29, 0.717) is 22.9 Å². The predicted molar refractivity (Wildman–Crippen MR) is 172 cm³/mol. The molecule has 1 unspecified atom stereocenters. The normalized spacial score (nSPS) is 21.4. The van der Waals surface area contributed by atoms with E-state index >= 15 is 0 Å². The Labute approximate surface area is 268 Å². The van der Waals surface area contributed by atoms with Gasteiger partial charge in [0.05, 0.1) is 25.7 Å². The quantitative estimate of drug-likeness (QED) is 0.155. The number of halogens is 2. The third-order valence-corrected chi connectivity index (χ3v) is 9.62. The van der Waals surface area contributed by atoms with E-state index in [1.165, 1.54) is 34.4 Å². The van der Waals surface area contributed by atoms with Crippen LogP contribution in [0.25, 0.3) is 0 Å². The van der Waals surface area contributed by atoms with Crippen molar-refractivity contribution in [2.24, 2.45) is 0 Å². The summed E-state index contributed by atoms with van der Waals surface area (Å²) >= 11 is 12.4. The lowest BCUT2D eigenvalue weighted by Crippen LogP contribution is -2.39. The summed E-state index contributed by atoms with van der Waals surface area (Å²) in [5, 5.41) is 46.4. The van der Waals surface area contributed by atoms with Gasteiger partial charge in [-0.05, 0) is 98.2 Å². The number of hydrogen-bond donors (Lipinski definition) is 6. The highest BCUT2D eigenvalue weighted by molar-refractivity contribution is 6.31. The lowest BCUT2D eigenvalue weighted by molar-refractivity contribution is 0.276. The molecule has 8 nitrogen and oxygen atoms in total. The topological polar surface area (TPSA) is 123 Å². The summed E-state index contributed by atoms with van der Waals surface area (Å²) in [6.45, 7) is 1.87. The summed E-state index contributed by atoms with van der Waals surface area (Å²) in [6.07, 6.45) is 11.3. The molecule has 0 bridgehead atoms. The number of aromatic hydroxyl groups is 4. The maximum Gasteiger partial charge on any atom is 0.158 e. The number of hydrogen-bond acceptors (Lipinski definition) is 8. The molecule has 4 aliphatic rings. The van der Waals surface area contributed by atoms with Crippen molar-refractivity contribution in [3.05, 3.63) is 91.4 Å². The average molecular weight is 644 g/mol. The zero-order chi connectivity index (χ0) is 31.4. The summed E-state index contributed by atoms with van der Waals surface area (Å²) in [7, 11) is 3.43. The van der Waals surface area contributed by atoms with Crippen molar-refractivity contribution in [3.8, 4) is 23.0 Å². The van der Waals surface area contributed by atoms with E-state index in [2.05, 4.69) is 22.8 Å². The Morgan fingerprint density at radius 3 is 1.43 bits per heavy atom. The van der Waals surface area contributed by atoms with Crippen molar-refractivity contribution in [2.45, 2.75) is 63.5 Å². The van der Waals surface area contributed by atoms with Crippen LogP contribution in [0.1, 0.15) is 49.7 Å². The highest BCUT2D eigenvalue weighted by Gasteiger charge is 2.28. The lowest BCUT2D eigenvalue weighted by atomic mass is 9.83. The first-order chi connectivity index (χ1) is 21.2. The zero-order valence-electron chi connectivity index (χ0n) is 25.1. The van der Waals surface area contributed by atoms with Crippen LogP contribution in [0.4, 0.5) is 0 Å². The highest BCUT2D eigenvalue weighted by atomic mass is 35.5. The van der Waals surface area contributed by atoms with E-state index in [9.17, 15) is 20.4 Å². The molecule has 0 fully saturated rings. The largest absolute Gasteiger partial charge is 0.504 e. The summed E-state index contributed by atoms with van der Waals surface area (Å²) < 4.78 is 10.7. The number of rotatable bonds is 6. The number of nitrogens with one attached hydrogen (secondary N) is 2. The van der Waals surface area contributed by atoms with Gasteiger partial charge < -0.3 is 40.5 Å². The standard InChI is InChI=1S/2C17H20ClNO3/c2*1-22-12-2-3-13-10(6-12)4-5-19-15(13)7-11-8-16(20)17(21)9-14(11)18/h2*2,8-9,15,19-21H,3-7H2,1H3/t15-;/m1./s1. The first kappa shape index (κ1) is 32.1. The zero-order valence-corrected chi connectivity index (χ0v) is 26.6. The molecule has 2 aliphatic heterocycles. The molecule has 0 saturated heterocycles. The molecule has 236 valence electrons. The predicted octanol–water partition coefficient (Wildman–Crippen LogP) is 6.55. The number of phenols is 4. The van der Waals surface area contributed by atoms with Crippen LogP contribution in [0.15, 0.2) is 70.2 Å². The van der Waals surface area contributed by atoms with Gasteiger partial charge >= 0.3 is 0 Å². The molecule has 44 heavy (non-hydrogen) atoms. The second-order valence-corrected chi connectivity index (χ2v) is 12.4. The van der Waals surface area contributed by atoms with Gasteiger partial charge in [0.2, 0.25) is 0 Å². The van der Waals surface area contributed by atoms with Crippen LogP contribution in [0, 0.1) is 0 Å². The Bertz CT molecular complexity index is 1420. The fraction of sp³-hybridized carbons (Fsp3) is 0.412. The molecule has 2 aromatic rings. The van der Waals surface area contributed by atoms with Crippen LogP contribution in [0.2, 0.25) is 10.0 Å². The molecule has 2 aliphatic carbocycles.